The van der Waals surface area contributed by atoms with Gasteiger partial charge in [0.2, 0.25) is 11.1 Å². The van der Waals surface area contributed by atoms with Gasteiger partial charge in [-0.1, -0.05) is 60.3 Å². The second-order valence-corrected chi connectivity index (χ2v) is 9.14. The lowest BCUT2D eigenvalue weighted by Crippen LogP contribution is -2.21. The lowest BCUT2D eigenvalue weighted by molar-refractivity contribution is -0.115. The number of aromatic nitrogens is 3. The van der Waals surface area contributed by atoms with E-state index in [2.05, 4.69) is 21.6 Å². The van der Waals surface area contributed by atoms with Crippen molar-refractivity contribution in [2.45, 2.75) is 30.7 Å². The van der Waals surface area contributed by atoms with Gasteiger partial charge in [0.1, 0.15) is 11.0 Å². The number of nitrogens with zero attached hydrogens (tertiary/aromatic N) is 3. The molecule has 0 spiro atoms. The van der Waals surface area contributed by atoms with E-state index in [1.807, 2.05) is 80.6 Å². The Labute approximate surface area is 203 Å². The number of nitrogens with two attached hydrogens (primary N) is 1. The van der Waals surface area contributed by atoms with Crippen LogP contribution in [-0.4, -0.2) is 27.9 Å². The number of methoxy groups -OCH3 is 1. The highest BCUT2D eigenvalue weighted by molar-refractivity contribution is 8.00. The quantitative estimate of drug-likeness (QED) is 0.285. The smallest absolute Gasteiger partial charge is 0.242 e. The highest BCUT2D eigenvalue weighted by atomic mass is 32.2. The zero-order chi connectivity index (χ0) is 24.1. The van der Waals surface area contributed by atoms with Gasteiger partial charge in [0.05, 0.1) is 7.11 Å². The first-order chi connectivity index (χ1) is 16.4. The van der Waals surface area contributed by atoms with E-state index < -0.39 is 5.25 Å². The lowest BCUT2D eigenvalue weighted by Gasteiger charge is -2.17. The third kappa shape index (κ3) is 5.58. The molecule has 0 fully saturated rings. The van der Waals surface area contributed by atoms with Gasteiger partial charge in [0.15, 0.2) is 5.82 Å². The number of anilines is 1. The van der Waals surface area contributed by atoms with Crippen molar-refractivity contribution in [2.75, 3.05) is 18.3 Å². The zero-order valence-electron chi connectivity index (χ0n) is 19.4. The fraction of sp³-hybridized carbons (Fsp3) is 0.192. The number of hydrogen-bond donors (Lipinski definition) is 2. The summed E-state index contributed by atoms with van der Waals surface area (Å²) in [6, 6.07) is 23.3. The van der Waals surface area contributed by atoms with Crippen molar-refractivity contribution < 1.29 is 9.53 Å². The Kier molecular flexibility index (Phi) is 7.18. The van der Waals surface area contributed by atoms with Crippen LogP contribution in [0.2, 0.25) is 0 Å². The molecule has 3 N–H and O–H groups in total. The number of rotatable bonds is 8. The van der Waals surface area contributed by atoms with Crippen molar-refractivity contribution in [2.24, 2.45) is 0 Å². The van der Waals surface area contributed by atoms with E-state index in [9.17, 15) is 4.79 Å². The number of ether oxygens (including phenoxy) is 1. The van der Waals surface area contributed by atoms with E-state index in [1.54, 1.807) is 7.11 Å². The summed E-state index contributed by atoms with van der Waals surface area (Å²) in [5.41, 5.74) is 4.82. The normalized spacial score (nSPS) is 11.7. The first kappa shape index (κ1) is 23.4. The fourth-order valence-electron chi connectivity index (χ4n) is 3.69. The number of nitrogen functional groups attached to an aromatic ring is 1. The van der Waals surface area contributed by atoms with E-state index in [0.29, 0.717) is 17.4 Å². The first-order valence-corrected chi connectivity index (χ1v) is 11.7. The number of aryl methyl sites for hydroxylation is 2. The molecule has 0 aliphatic carbocycles. The Hall–Kier alpha value is -3.78. The van der Waals surface area contributed by atoms with E-state index in [0.717, 1.165) is 33.7 Å². The molecule has 4 aromatic rings. The maximum absolute atomic E-state index is 13.4. The van der Waals surface area contributed by atoms with Crippen molar-refractivity contribution >= 4 is 23.4 Å². The Morgan fingerprint density at radius 2 is 1.71 bits per heavy atom. The number of amides is 1. The van der Waals surface area contributed by atoms with Crippen molar-refractivity contribution in [1.82, 2.24) is 14.9 Å². The number of hydrogen-bond acceptors (Lipinski definition) is 6. The molecule has 0 bridgehead atoms. The molecule has 0 aliphatic rings. The third-order valence-corrected chi connectivity index (χ3v) is 6.52. The number of carbonyl (C=O) groups is 1. The van der Waals surface area contributed by atoms with Crippen LogP contribution in [0.4, 0.5) is 5.69 Å². The predicted molar refractivity (Wildman–Crippen MR) is 136 cm³/mol. The van der Waals surface area contributed by atoms with Crippen LogP contribution < -0.4 is 15.9 Å². The van der Waals surface area contributed by atoms with E-state index in [1.165, 1.54) is 16.4 Å². The van der Waals surface area contributed by atoms with Gasteiger partial charge < -0.3 is 15.9 Å². The van der Waals surface area contributed by atoms with Gasteiger partial charge in [-0.25, -0.2) is 4.68 Å². The minimum Gasteiger partial charge on any atom is -0.497 e. The molecule has 0 saturated heterocycles. The highest BCUT2D eigenvalue weighted by Gasteiger charge is 2.25. The first-order valence-electron chi connectivity index (χ1n) is 10.9. The molecule has 1 atom stereocenters. The van der Waals surface area contributed by atoms with E-state index in [-0.39, 0.29) is 5.91 Å². The topological polar surface area (TPSA) is 95.1 Å². The second-order valence-electron chi connectivity index (χ2n) is 8.07. The summed E-state index contributed by atoms with van der Waals surface area (Å²) in [5, 5.41) is 11.5. The van der Waals surface area contributed by atoms with Gasteiger partial charge >= 0.3 is 0 Å². The van der Waals surface area contributed by atoms with Crippen LogP contribution in [-0.2, 0) is 11.2 Å². The van der Waals surface area contributed by atoms with Crippen molar-refractivity contribution in [3.63, 3.8) is 0 Å². The molecular weight excluding hydrogens is 446 g/mol. The number of benzene rings is 3. The van der Waals surface area contributed by atoms with Crippen LogP contribution in [0.25, 0.3) is 0 Å². The molecule has 1 amide bonds. The Morgan fingerprint density at radius 1 is 1.03 bits per heavy atom. The lowest BCUT2D eigenvalue weighted by atomic mass is 10.1. The van der Waals surface area contributed by atoms with Gasteiger partial charge in [-0.05, 0) is 60.4 Å². The van der Waals surface area contributed by atoms with Crippen LogP contribution in [0.15, 0.2) is 78.0 Å². The molecule has 0 aliphatic heterocycles. The summed E-state index contributed by atoms with van der Waals surface area (Å²) < 4.78 is 6.67. The molecule has 0 unspecified atom stereocenters. The number of carbonyl (C=O) groups excluding carboxylic acids is 1. The van der Waals surface area contributed by atoms with Crippen LogP contribution in [0, 0.1) is 13.8 Å². The van der Waals surface area contributed by atoms with E-state index in [4.69, 9.17) is 10.6 Å². The van der Waals surface area contributed by atoms with Crippen LogP contribution >= 0.6 is 11.8 Å². The summed E-state index contributed by atoms with van der Waals surface area (Å²) in [4.78, 5) is 13.4. The molecular formula is C26H27N5O2S. The molecule has 0 saturated carbocycles. The summed E-state index contributed by atoms with van der Waals surface area (Å²) in [5.74, 6) is 7.58. The Morgan fingerprint density at radius 3 is 2.35 bits per heavy atom. The fourth-order valence-corrected chi connectivity index (χ4v) is 4.67. The monoisotopic (exact) mass is 473 g/mol. The molecule has 174 valence electrons. The molecule has 1 heterocycles. The molecule has 34 heavy (non-hydrogen) atoms. The standard InChI is InChI=1S/C26H27N5O2S/c1-17-13-18(2)15-21(14-17)28-25(32)24(20-7-5-4-6-8-20)34-26-30-29-23(31(26)27)16-19-9-11-22(33-3)12-10-19/h4-15,24H,16,27H2,1-3H3,(H,28,32)/t24-/m1/s1. The summed E-state index contributed by atoms with van der Waals surface area (Å²) in [6.45, 7) is 4.01. The average molecular weight is 474 g/mol. The minimum atomic E-state index is -0.553. The van der Waals surface area contributed by atoms with Crippen molar-refractivity contribution in [1.29, 1.82) is 0 Å². The van der Waals surface area contributed by atoms with Gasteiger partial charge in [0.25, 0.3) is 0 Å². The SMILES string of the molecule is COc1ccc(Cc2nnc(S[C@@H](C(=O)Nc3cc(C)cc(C)c3)c3ccccc3)n2N)cc1. The number of nitrogens with one attached hydrogen (secondary N) is 1. The summed E-state index contributed by atoms with van der Waals surface area (Å²) >= 11 is 1.27. The largest absolute Gasteiger partial charge is 0.497 e. The minimum absolute atomic E-state index is 0.152. The van der Waals surface area contributed by atoms with Gasteiger partial charge in [-0.2, -0.15) is 0 Å². The molecule has 8 heteroatoms. The maximum atomic E-state index is 13.4. The molecule has 1 aromatic heterocycles. The van der Waals surface area contributed by atoms with Gasteiger partial charge in [-0.3, -0.25) is 4.79 Å². The third-order valence-electron chi connectivity index (χ3n) is 5.31. The predicted octanol–water partition coefficient (Wildman–Crippen LogP) is 4.68. The second kappa shape index (κ2) is 10.4. The summed E-state index contributed by atoms with van der Waals surface area (Å²) in [6.07, 6.45) is 0.513. The van der Waals surface area contributed by atoms with E-state index >= 15 is 0 Å². The van der Waals surface area contributed by atoms with Crippen molar-refractivity contribution in [3.05, 3.63) is 101 Å². The van der Waals surface area contributed by atoms with Crippen LogP contribution in [0.1, 0.15) is 33.3 Å². The van der Waals surface area contributed by atoms with Crippen molar-refractivity contribution in [3.8, 4) is 5.75 Å². The van der Waals surface area contributed by atoms with Gasteiger partial charge in [-0.15, -0.1) is 10.2 Å². The molecule has 3 aromatic carbocycles. The maximum Gasteiger partial charge on any atom is 0.242 e. The highest BCUT2D eigenvalue weighted by Crippen LogP contribution is 2.35. The zero-order valence-corrected chi connectivity index (χ0v) is 20.2. The van der Waals surface area contributed by atoms with Crippen LogP contribution in [0.3, 0.4) is 0 Å². The molecule has 7 nitrogen and oxygen atoms in total. The molecule has 4 rings (SSSR count). The number of thioether (sulfide) groups is 1. The summed E-state index contributed by atoms with van der Waals surface area (Å²) in [7, 11) is 1.63. The average Bonchev–Trinajstić information content (AvgIpc) is 3.16. The van der Waals surface area contributed by atoms with Gasteiger partial charge in [0, 0.05) is 12.1 Å². The Bertz CT molecular complexity index is 1250. The molecule has 0 radical (unpaired) electrons. The Balaban J connectivity index is 1.56. The van der Waals surface area contributed by atoms with Crippen LogP contribution in [0.5, 0.6) is 5.75 Å².